The van der Waals surface area contributed by atoms with E-state index in [1.54, 1.807) is 6.33 Å². The first kappa shape index (κ1) is 16.0. The minimum atomic E-state index is -0.657. The van der Waals surface area contributed by atoms with Crippen LogP contribution in [0.1, 0.15) is 52.8 Å². The molecule has 3 unspecified atom stereocenters. The minimum Gasteiger partial charge on any atom is -0.481 e. The smallest absolute Gasteiger partial charge is 0.306 e. The third-order valence-corrected chi connectivity index (χ3v) is 4.96. The molecule has 0 aromatic carbocycles. The summed E-state index contributed by atoms with van der Waals surface area (Å²) in [6.45, 7) is 9.58. The van der Waals surface area contributed by atoms with Gasteiger partial charge in [0.25, 0.3) is 0 Å². The summed E-state index contributed by atoms with van der Waals surface area (Å²) in [5.41, 5.74) is 0.236. The number of aromatic nitrogens is 3. The van der Waals surface area contributed by atoms with Crippen molar-refractivity contribution < 1.29 is 9.90 Å². The number of hydrogen-bond donors (Lipinski definition) is 1. The van der Waals surface area contributed by atoms with E-state index in [1.807, 2.05) is 11.6 Å². The van der Waals surface area contributed by atoms with Gasteiger partial charge in [0, 0.05) is 13.0 Å². The lowest BCUT2D eigenvalue weighted by molar-refractivity contribution is -0.146. The SMILES string of the molecule is CCn1ncnc1CC1CC(C(C)(C)C)CCC1C(=O)O. The van der Waals surface area contributed by atoms with Crippen LogP contribution in [0.3, 0.4) is 0 Å². The molecule has 1 fully saturated rings. The van der Waals surface area contributed by atoms with Gasteiger partial charge < -0.3 is 5.11 Å². The number of carboxylic acid groups (broad SMARTS) is 1. The molecular formula is C16H27N3O2. The monoisotopic (exact) mass is 293 g/mol. The van der Waals surface area contributed by atoms with E-state index in [9.17, 15) is 9.90 Å². The first-order valence-electron chi connectivity index (χ1n) is 7.92. The van der Waals surface area contributed by atoms with E-state index in [0.717, 1.165) is 38.1 Å². The van der Waals surface area contributed by atoms with Gasteiger partial charge in [0.1, 0.15) is 12.2 Å². The van der Waals surface area contributed by atoms with Crippen molar-refractivity contribution in [1.29, 1.82) is 0 Å². The maximum absolute atomic E-state index is 11.6. The molecule has 1 aromatic heterocycles. The highest BCUT2D eigenvalue weighted by atomic mass is 16.4. The fraction of sp³-hybridized carbons (Fsp3) is 0.812. The Morgan fingerprint density at radius 2 is 2.14 bits per heavy atom. The zero-order valence-electron chi connectivity index (χ0n) is 13.5. The van der Waals surface area contributed by atoms with Crippen LogP contribution in [0.25, 0.3) is 0 Å². The van der Waals surface area contributed by atoms with Crippen LogP contribution in [0.5, 0.6) is 0 Å². The Morgan fingerprint density at radius 1 is 1.43 bits per heavy atom. The zero-order chi connectivity index (χ0) is 15.6. The summed E-state index contributed by atoms with van der Waals surface area (Å²) in [7, 11) is 0. The van der Waals surface area contributed by atoms with Crippen molar-refractivity contribution in [3.8, 4) is 0 Å². The van der Waals surface area contributed by atoms with Gasteiger partial charge in [-0.3, -0.25) is 9.48 Å². The first-order valence-corrected chi connectivity index (χ1v) is 7.92. The maximum Gasteiger partial charge on any atom is 0.306 e. The summed E-state index contributed by atoms with van der Waals surface area (Å²) in [6.07, 6.45) is 5.05. The van der Waals surface area contributed by atoms with Gasteiger partial charge in [0.05, 0.1) is 5.92 Å². The molecule has 1 aliphatic carbocycles. The molecule has 1 heterocycles. The van der Waals surface area contributed by atoms with E-state index < -0.39 is 5.97 Å². The second-order valence-electron chi connectivity index (χ2n) is 7.28. The number of carboxylic acids is 1. The van der Waals surface area contributed by atoms with Gasteiger partial charge >= 0.3 is 5.97 Å². The van der Waals surface area contributed by atoms with Gasteiger partial charge in [-0.25, -0.2) is 4.98 Å². The van der Waals surface area contributed by atoms with Crippen LogP contribution >= 0.6 is 0 Å². The van der Waals surface area contributed by atoms with Gasteiger partial charge in [-0.05, 0) is 43.4 Å². The summed E-state index contributed by atoms with van der Waals surface area (Å²) >= 11 is 0. The summed E-state index contributed by atoms with van der Waals surface area (Å²) in [4.78, 5) is 15.9. The Hall–Kier alpha value is -1.39. The van der Waals surface area contributed by atoms with Crippen LogP contribution < -0.4 is 0 Å². The number of rotatable bonds is 4. The lowest BCUT2D eigenvalue weighted by Gasteiger charge is -2.40. The minimum absolute atomic E-state index is 0.162. The fourth-order valence-corrected chi connectivity index (χ4v) is 3.55. The van der Waals surface area contributed by atoms with Crippen LogP contribution in [-0.2, 0) is 17.8 Å². The van der Waals surface area contributed by atoms with Crippen LogP contribution in [0.15, 0.2) is 6.33 Å². The van der Waals surface area contributed by atoms with E-state index in [1.165, 1.54) is 0 Å². The molecule has 5 nitrogen and oxygen atoms in total. The highest BCUT2D eigenvalue weighted by Crippen LogP contribution is 2.43. The standard InChI is InChI=1S/C16H27N3O2/c1-5-19-14(17-10-18-19)9-11-8-12(16(2,3)4)6-7-13(11)15(20)21/h10-13H,5-9H2,1-4H3,(H,20,21). The lowest BCUT2D eigenvalue weighted by atomic mass is 9.65. The Kier molecular flexibility index (Phi) is 4.69. The van der Waals surface area contributed by atoms with Crippen molar-refractivity contribution in [3.05, 3.63) is 12.2 Å². The van der Waals surface area contributed by atoms with Crippen molar-refractivity contribution in [2.75, 3.05) is 0 Å². The first-order chi connectivity index (χ1) is 9.82. The molecule has 118 valence electrons. The van der Waals surface area contributed by atoms with Crippen molar-refractivity contribution in [1.82, 2.24) is 14.8 Å². The van der Waals surface area contributed by atoms with Crippen LogP contribution in [0.2, 0.25) is 0 Å². The highest BCUT2D eigenvalue weighted by Gasteiger charge is 2.39. The number of hydrogen-bond acceptors (Lipinski definition) is 3. The second kappa shape index (κ2) is 6.16. The van der Waals surface area contributed by atoms with E-state index in [4.69, 9.17) is 0 Å². The van der Waals surface area contributed by atoms with E-state index in [2.05, 4.69) is 30.9 Å². The number of nitrogens with zero attached hydrogens (tertiary/aromatic N) is 3. The van der Waals surface area contributed by atoms with Crippen LogP contribution in [0.4, 0.5) is 0 Å². The molecule has 0 saturated heterocycles. The summed E-state index contributed by atoms with van der Waals surface area (Å²) in [5, 5.41) is 13.7. The molecule has 1 N–H and O–H groups in total. The molecule has 0 aliphatic heterocycles. The Balaban J connectivity index is 2.16. The van der Waals surface area contributed by atoms with Gasteiger partial charge in [0.15, 0.2) is 0 Å². The van der Waals surface area contributed by atoms with Gasteiger partial charge in [-0.15, -0.1) is 0 Å². The molecule has 0 radical (unpaired) electrons. The quantitative estimate of drug-likeness (QED) is 0.926. The molecule has 0 bridgehead atoms. The molecule has 1 saturated carbocycles. The highest BCUT2D eigenvalue weighted by molar-refractivity contribution is 5.70. The number of carbonyl (C=O) groups is 1. The van der Waals surface area contributed by atoms with E-state index >= 15 is 0 Å². The largest absolute Gasteiger partial charge is 0.481 e. The Labute approximate surface area is 126 Å². The van der Waals surface area contributed by atoms with Gasteiger partial charge in [0.2, 0.25) is 0 Å². The van der Waals surface area contributed by atoms with Gasteiger partial charge in [-0.1, -0.05) is 20.8 Å². The molecule has 3 atom stereocenters. The van der Waals surface area contributed by atoms with Crippen molar-refractivity contribution >= 4 is 5.97 Å². The molecule has 21 heavy (non-hydrogen) atoms. The van der Waals surface area contributed by atoms with Gasteiger partial charge in [-0.2, -0.15) is 5.10 Å². The van der Waals surface area contributed by atoms with Crippen molar-refractivity contribution in [2.24, 2.45) is 23.2 Å². The van der Waals surface area contributed by atoms with E-state index in [0.29, 0.717) is 5.92 Å². The molecular weight excluding hydrogens is 266 g/mol. The molecule has 0 amide bonds. The number of aryl methyl sites for hydroxylation is 1. The topological polar surface area (TPSA) is 68.0 Å². The predicted molar refractivity (Wildman–Crippen MR) is 80.8 cm³/mol. The second-order valence-corrected chi connectivity index (χ2v) is 7.28. The predicted octanol–water partition coefficient (Wildman–Crippen LogP) is 3.00. The Bertz CT molecular complexity index is 490. The molecule has 1 aliphatic rings. The molecule has 2 rings (SSSR count). The molecule has 1 aromatic rings. The summed E-state index contributed by atoms with van der Waals surface area (Å²) < 4.78 is 1.87. The molecule has 0 spiro atoms. The average molecular weight is 293 g/mol. The molecule has 5 heteroatoms. The Morgan fingerprint density at radius 3 is 2.71 bits per heavy atom. The maximum atomic E-state index is 11.6. The third kappa shape index (κ3) is 3.63. The summed E-state index contributed by atoms with van der Waals surface area (Å²) in [6, 6.07) is 0. The lowest BCUT2D eigenvalue weighted by Crippen LogP contribution is -2.36. The normalized spacial score (nSPS) is 26.8. The van der Waals surface area contributed by atoms with Crippen molar-refractivity contribution in [3.63, 3.8) is 0 Å². The van der Waals surface area contributed by atoms with Crippen LogP contribution in [0, 0.1) is 23.2 Å². The zero-order valence-corrected chi connectivity index (χ0v) is 13.5. The van der Waals surface area contributed by atoms with Crippen LogP contribution in [-0.4, -0.2) is 25.8 Å². The fourth-order valence-electron chi connectivity index (χ4n) is 3.55. The summed E-state index contributed by atoms with van der Waals surface area (Å²) in [5.74, 6) is 0.759. The van der Waals surface area contributed by atoms with Crippen molar-refractivity contribution in [2.45, 2.75) is 59.9 Å². The third-order valence-electron chi connectivity index (χ3n) is 4.96. The number of aliphatic carboxylic acids is 1. The van der Waals surface area contributed by atoms with E-state index in [-0.39, 0.29) is 17.3 Å². The average Bonchev–Trinajstić information content (AvgIpc) is 2.84.